The lowest BCUT2D eigenvalue weighted by molar-refractivity contribution is -0.136. The topological polar surface area (TPSA) is 87.7 Å². The Bertz CT molecular complexity index is 992. The zero-order valence-corrected chi connectivity index (χ0v) is 19.4. The van der Waals surface area contributed by atoms with Crippen LogP contribution in [0, 0.1) is 0 Å². The Morgan fingerprint density at radius 2 is 1.79 bits per heavy atom. The van der Waals surface area contributed by atoms with Gasteiger partial charge in [0.05, 0.1) is 0 Å². The molecule has 0 bridgehead atoms. The number of rotatable bonds is 6. The molecule has 2 aromatic carbocycles. The minimum atomic E-state index is -0.718. The summed E-state index contributed by atoms with van der Waals surface area (Å²) in [6.45, 7) is 2.31. The summed E-state index contributed by atoms with van der Waals surface area (Å²) >= 11 is 1.72. The Hall–Kier alpha value is -2.84. The van der Waals surface area contributed by atoms with E-state index in [9.17, 15) is 14.4 Å². The van der Waals surface area contributed by atoms with E-state index in [1.54, 1.807) is 34.9 Å². The molecule has 8 heteroatoms. The summed E-state index contributed by atoms with van der Waals surface area (Å²) in [4.78, 5) is 40.2. The molecular formula is C25H29N3O4S. The summed E-state index contributed by atoms with van der Waals surface area (Å²) in [6.07, 6.45) is 3.98. The highest BCUT2D eigenvalue weighted by molar-refractivity contribution is 8.00. The Labute approximate surface area is 198 Å². The monoisotopic (exact) mass is 467 g/mol. The van der Waals surface area contributed by atoms with Crippen molar-refractivity contribution < 1.29 is 19.1 Å². The van der Waals surface area contributed by atoms with E-state index in [1.165, 1.54) is 0 Å². The van der Waals surface area contributed by atoms with Crippen LogP contribution in [0.1, 0.15) is 32.1 Å². The molecule has 4 rings (SSSR count). The van der Waals surface area contributed by atoms with Gasteiger partial charge in [-0.2, -0.15) is 0 Å². The molecule has 2 N–H and O–H groups in total. The third-order valence-corrected chi connectivity index (χ3v) is 7.49. The second kappa shape index (κ2) is 10.9. The Kier molecular flexibility index (Phi) is 7.67. The Balaban J connectivity index is 1.36. The highest BCUT2D eigenvalue weighted by atomic mass is 32.2. The summed E-state index contributed by atoms with van der Waals surface area (Å²) in [5, 5.41) is 5.49. The fourth-order valence-corrected chi connectivity index (χ4v) is 5.45. The first-order valence-electron chi connectivity index (χ1n) is 11.4. The van der Waals surface area contributed by atoms with E-state index in [0.717, 1.165) is 36.3 Å². The van der Waals surface area contributed by atoms with Gasteiger partial charge >= 0.3 is 11.8 Å². The van der Waals surface area contributed by atoms with Gasteiger partial charge < -0.3 is 20.3 Å². The summed E-state index contributed by atoms with van der Waals surface area (Å²) < 4.78 is 5.31. The standard InChI is InChI=1S/C25H29N3O4S/c29-22-11-4-5-14-28(22)20-8-6-7-19(17-20)27-24(31)23(30)26-18-25(12-15-32-16-13-25)33-21-9-2-1-3-10-21/h1-3,6-10,17H,4-5,11-16,18H2,(H,26,30)(H,27,31). The molecule has 0 atom stereocenters. The van der Waals surface area contributed by atoms with Crippen molar-refractivity contribution in [1.29, 1.82) is 0 Å². The summed E-state index contributed by atoms with van der Waals surface area (Å²) in [6, 6.07) is 17.1. The molecule has 2 saturated heterocycles. The normalized spacial score (nSPS) is 17.9. The second-order valence-electron chi connectivity index (χ2n) is 8.40. The quantitative estimate of drug-likeness (QED) is 0.634. The van der Waals surface area contributed by atoms with Gasteiger partial charge in [0, 0.05) is 53.7 Å². The van der Waals surface area contributed by atoms with E-state index in [1.807, 2.05) is 24.3 Å². The van der Waals surface area contributed by atoms with Crippen LogP contribution in [-0.2, 0) is 19.1 Å². The van der Waals surface area contributed by atoms with Gasteiger partial charge in [0.25, 0.3) is 0 Å². The zero-order chi connectivity index (χ0) is 23.1. The summed E-state index contributed by atoms with van der Waals surface area (Å²) in [5.41, 5.74) is 1.23. The van der Waals surface area contributed by atoms with Gasteiger partial charge in [0.1, 0.15) is 0 Å². The van der Waals surface area contributed by atoms with E-state index in [2.05, 4.69) is 22.8 Å². The molecule has 2 fully saturated rings. The molecule has 174 valence electrons. The van der Waals surface area contributed by atoms with Gasteiger partial charge in [-0.1, -0.05) is 24.3 Å². The number of benzene rings is 2. The number of carbonyl (C=O) groups is 3. The first-order chi connectivity index (χ1) is 16.0. The molecule has 3 amide bonds. The molecule has 2 aliphatic rings. The molecule has 0 aromatic heterocycles. The second-order valence-corrected chi connectivity index (χ2v) is 9.94. The van der Waals surface area contributed by atoms with Crippen molar-refractivity contribution in [3.63, 3.8) is 0 Å². The number of thioether (sulfide) groups is 1. The molecule has 0 saturated carbocycles. The van der Waals surface area contributed by atoms with Crippen molar-refractivity contribution >= 4 is 40.9 Å². The van der Waals surface area contributed by atoms with E-state index < -0.39 is 11.8 Å². The lowest BCUT2D eigenvalue weighted by Gasteiger charge is -2.36. The molecule has 0 unspecified atom stereocenters. The molecule has 0 radical (unpaired) electrons. The zero-order valence-electron chi connectivity index (χ0n) is 18.5. The van der Waals surface area contributed by atoms with Crippen LogP contribution in [0.2, 0.25) is 0 Å². The van der Waals surface area contributed by atoms with Crippen LogP contribution in [0.3, 0.4) is 0 Å². The Morgan fingerprint density at radius 3 is 2.55 bits per heavy atom. The predicted octanol–water partition coefficient (Wildman–Crippen LogP) is 3.60. The molecule has 2 heterocycles. The van der Waals surface area contributed by atoms with Crippen LogP contribution in [0.4, 0.5) is 11.4 Å². The molecule has 2 aliphatic heterocycles. The Morgan fingerprint density at radius 1 is 1.00 bits per heavy atom. The van der Waals surface area contributed by atoms with E-state index >= 15 is 0 Å². The molecule has 2 aromatic rings. The average Bonchev–Trinajstić information content (AvgIpc) is 2.84. The number of anilines is 2. The number of piperidine rings is 1. The molecular weight excluding hydrogens is 438 g/mol. The van der Waals surface area contributed by atoms with Crippen molar-refractivity contribution in [3.05, 3.63) is 54.6 Å². The fourth-order valence-electron chi connectivity index (χ4n) is 4.14. The van der Waals surface area contributed by atoms with Gasteiger partial charge in [-0.15, -0.1) is 11.8 Å². The maximum atomic E-state index is 12.6. The number of hydrogen-bond acceptors (Lipinski definition) is 5. The van der Waals surface area contributed by atoms with Crippen molar-refractivity contribution in [2.24, 2.45) is 0 Å². The van der Waals surface area contributed by atoms with Crippen molar-refractivity contribution in [2.75, 3.05) is 36.5 Å². The van der Waals surface area contributed by atoms with Gasteiger partial charge in [-0.3, -0.25) is 14.4 Å². The summed E-state index contributed by atoms with van der Waals surface area (Å²) in [7, 11) is 0. The lowest BCUT2D eigenvalue weighted by Crippen LogP contribution is -2.47. The van der Waals surface area contributed by atoms with Crippen LogP contribution in [0.25, 0.3) is 0 Å². The average molecular weight is 468 g/mol. The first kappa shape index (κ1) is 23.3. The molecule has 33 heavy (non-hydrogen) atoms. The van der Waals surface area contributed by atoms with Gasteiger partial charge in [0.2, 0.25) is 5.91 Å². The maximum absolute atomic E-state index is 12.6. The molecule has 7 nitrogen and oxygen atoms in total. The van der Waals surface area contributed by atoms with E-state index in [0.29, 0.717) is 38.4 Å². The van der Waals surface area contributed by atoms with Gasteiger partial charge in [-0.05, 0) is 56.0 Å². The highest BCUT2D eigenvalue weighted by Gasteiger charge is 2.35. The van der Waals surface area contributed by atoms with Crippen molar-refractivity contribution in [1.82, 2.24) is 5.32 Å². The number of nitrogens with one attached hydrogen (secondary N) is 2. The number of nitrogens with zero attached hydrogens (tertiary/aromatic N) is 1. The van der Waals surface area contributed by atoms with E-state index in [4.69, 9.17) is 4.74 Å². The minimum absolute atomic E-state index is 0.0835. The fraction of sp³-hybridized carbons (Fsp3) is 0.400. The van der Waals surface area contributed by atoms with Crippen LogP contribution in [0.15, 0.2) is 59.5 Å². The van der Waals surface area contributed by atoms with Crippen LogP contribution in [-0.4, -0.2) is 48.8 Å². The van der Waals surface area contributed by atoms with Gasteiger partial charge in [-0.25, -0.2) is 0 Å². The third kappa shape index (κ3) is 6.15. The van der Waals surface area contributed by atoms with Crippen LogP contribution < -0.4 is 15.5 Å². The SMILES string of the molecule is O=C(NCC1(Sc2ccccc2)CCOCC1)C(=O)Nc1cccc(N2CCCCC2=O)c1. The van der Waals surface area contributed by atoms with Crippen LogP contribution in [0.5, 0.6) is 0 Å². The van der Waals surface area contributed by atoms with Crippen molar-refractivity contribution in [2.45, 2.75) is 41.7 Å². The number of ether oxygens (including phenoxy) is 1. The first-order valence-corrected chi connectivity index (χ1v) is 12.2. The highest BCUT2D eigenvalue weighted by Crippen LogP contribution is 2.40. The number of amides is 3. The molecule has 0 spiro atoms. The molecule has 0 aliphatic carbocycles. The third-order valence-electron chi connectivity index (χ3n) is 6.00. The smallest absolute Gasteiger partial charge is 0.313 e. The predicted molar refractivity (Wildman–Crippen MR) is 129 cm³/mol. The van der Waals surface area contributed by atoms with Crippen LogP contribution >= 0.6 is 11.8 Å². The van der Waals surface area contributed by atoms with Crippen molar-refractivity contribution in [3.8, 4) is 0 Å². The van der Waals surface area contributed by atoms with Gasteiger partial charge in [0.15, 0.2) is 0 Å². The largest absolute Gasteiger partial charge is 0.381 e. The number of carbonyl (C=O) groups excluding carboxylic acids is 3. The lowest BCUT2D eigenvalue weighted by atomic mass is 9.99. The van der Waals surface area contributed by atoms with E-state index in [-0.39, 0.29) is 10.7 Å². The minimum Gasteiger partial charge on any atom is -0.381 e. The number of hydrogen-bond donors (Lipinski definition) is 2. The summed E-state index contributed by atoms with van der Waals surface area (Å²) in [5.74, 6) is -1.31. The maximum Gasteiger partial charge on any atom is 0.313 e.